The summed E-state index contributed by atoms with van der Waals surface area (Å²) in [5, 5.41) is 12.0. The van der Waals surface area contributed by atoms with Crippen LogP contribution in [0.3, 0.4) is 0 Å². The monoisotopic (exact) mass is 299 g/mol. The van der Waals surface area contributed by atoms with Crippen LogP contribution in [0.2, 0.25) is 0 Å². The molecule has 0 fully saturated rings. The SMILES string of the molecule is CC(C)c1nc(CCNC(=O)c2cc(C(F)F)[nH]n2)no1. The van der Waals surface area contributed by atoms with Gasteiger partial charge in [-0.1, -0.05) is 19.0 Å². The summed E-state index contributed by atoms with van der Waals surface area (Å²) in [5.74, 6) is 0.614. The lowest BCUT2D eigenvalue weighted by Crippen LogP contribution is -2.26. The summed E-state index contributed by atoms with van der Waals surface area (Å²) in [7, 11) is 0. The van der Waals surface area contributed by atoms with E-state index in [1.165, 1.54) is 0 Å². The fourth-order valence-electron chi connectivity index (χ4n) is 1.55. The highest BCUT2D eigenvalue weighted by atomic mass is 19.3. The number of carbonyl (C=O) groups is 1. The van der Waals surface area contributed by atoms with Gasteiger partial charge in [-0.3, -0.25) is 9.89 Å². The van der Waals surface area contributed by atoms with E-state index < -0.39 is 12.3 Å². The number of hydrogen-bond donors (Lipinski definition) is 2. The highest BCUT2D eigenvalue weighted by Crippen LogP contribution is 2.16. The van der Waals surface area contributed by atoms with Crippen molar-refractivity contribution in [3.05, 3.63) is 29.2 Å². The van der Waals surface area contributed by atoms with E-state index in [0.717, 1.165) is 6.07 Å². The van der Waals surface area contributed by atoms with E-state index in [1.54, 1.807) is 0 Å². The minimum atomic E-state index is -2.69. The van der Waals surface area contributed by atoms with Gasteiger partial charge in [0.15, 0.2) is 5.82 Å². The van der Waals surface area contributed by atoms with E-state index in [0.29, 0.717) is 18.1 Å². The second kappa shape index (κ2) is 6.42. The molecule has 0 radical (unpaired) electrons. The van der Waals surface area contributed by atoms with Gasteiger partial charge in [0, 0.05) is 18.9 Å². The van der Waals surface area contributed by atoms with Crippen molar-refractivity contribution in [3.63, 3.8) is 0 Å². The Morgan fingerprint density at radius 2 is 2.24 bits per heavy atom. The Labute approximate surface area is 119 Å². The topological polar surface area (TPSA) is 96.7 Å². The van der Waals surface area contributed by atoms with Crippen LogP contribution in [0.1, 0.15) is 54.1 Å². The molecule has 0 spiro atoms. The van der Waals surface area contributed by atoms with Crippen LogP contribution in [0.15, 0.2) is 10.6 Å². The maximum atomic E-state index is 12.4. The van der Waals surface area contributed by atoms with Gasteiger partial charge < -0.3 is 9.84 Å². The Bertz CT molecular complexity index is 608. The highest BCUT2D eigenvalue weighted by Gasteiger charge is 2.15. The number of nitrogens with one attached hydrogen (secondary N) is 2. The minimum absolute atomic E-state index is 0.0821. The fraction of sp³-hybridized carbons (Fsp3) is 0.500. The molecule has 2 N–H and O–H groups in total. The standard InChI is InChI=1S/C12H15F2N5O2/c1-6(2)12-16-9(19-21-12)3-4-15-11(20)8-5-7(10(13)14)17-18-8/h5-6,10H,3-4H2,1-2H3,(H,15,20)(H,17,18). The molecule has 2 aromatic rings. The number of rotatable bonds is 6. The molecule has 0 aliphatic rings. The molecule has 7 nitrogen and oxygen atoms in total. The molecule has 0 unspecified atom stereocenters. The number of halogens is 2. The first-order valence-electron chi connectivity index (χ1n) is 6.41. The number of alkyl halides is 2. The average molecular weight is 299 g/mol. The fourth-order valence-corrected chi connectivity index (χ4v) is 1.55. The van der Waals surface area contributed by atoms with E-state index in [-0.39, 0.29) is 23.9 Å². The minimum Gasteiger partial charge on any atom is -0.350 e. The van der Waals surface area contributed by atoms with Gasteiger partial charge in [-0.05, 0) is 6.07 Å². The summed E-state index contributed by atoms with van der Waals surface area (Å²) in [6.07, 6.45) is -2.30. The smallest absolute Gasteiger partial charge is 0.279 e. The molecule has 114 valence electrons. The largest absolute Gasteiger partial charge is 0.350 e. The lowest BCUT2D eigenvalue weighted by atomic mass is 10.2. The van der Waals surface area contributed by atoms with Crippen LogP contribution in [0.4, 0.5) is 8.78 Å². The quantitative estimate of drug-likeness (QED) is 0.848. The molecule has 0 saturated carbocycles. The number of nitrogens with zero attached hydrogens (tertiary/aromatic N) is 3. The van der Waals surface area contributed by atoms with E-state index in [9.17, 15) is 13.6 Å². The molecule has 9 heteroatoms. The van der Waals surface area contributed by atoms with Crippen molar-refractivity contribution in [1.82, 2.24) is 25.7 Å². The molecule has 1 amide bonds. The van der Waals surface area contributed by atoms with Gasteiger partial charge in [0.2, 0.25) is 5.89 Å². The van der Waals surface area contributed by atoms with Gasteiger partial charge in [0.05, 0.1) is 0 Å². The zero-order chi connectivity index (χ0) is 15.4. The summed E-state index contributed by atoms with van der Waals surface area (Å²) < 4.78 is 29.7. The van der Waals surface area contributed by atoms with Crippen molar-refractivity contribution in [2.75, 3.05) is 6.54 Å². The van der Waals surface area contributed by atoms with Crippen molar-refractivity contribution in [2.45, 2.75) is 32.6 Å². The Balaban J connectivity index is 1.83. The lowest BCUT2D eigenvalue weighted by molar-refractivity contribution is 0.0949. The van der Waals surface area contributed by atoms with Crippen LogP contribution in [-0.2, 0) is 6.42 Å². The Morgan fingerprint density at radius 1 is 1.48 bits per heavy atom. The predicted octanol–water partition coefficient (Wildman–Crippen LogP) is 1.83. The van der Waals surface area contributed by atoms with Crippen LogP contribution >= 0.6 is 0 Å². The summed E-state index contributed by atoms with van der Waals surface area (Å²) >= 11 is 0. The maximum absolute atomic E-state index is 12.4. The third-order valence-electron chi connectivity index (χ3n) is 2.68. The van der Waals surface area contributed by atoms with Crippen LogP contribution in [0.25, 0.3) is 0 Å². The molecule has 0 bridgehead atoms. The van der Waals surface area contributed by atoms with Crippen molar-refractivity contribution in [3.8, 4) is 0 Å². The van der Waals surface area contributed by atoms with Crippen LogP contribution in [-0.4, -0.2) is 32.8 Å². The molecule has 2 rings (SSSR count). The first-order chi connectivity index (χ1) is 9.97. The third kappa shape index (κ3) is 3.83. The molecule has 0 atom stereocenters. The molecule has 0 aliphatic carbocycles. The molecule has 21 heavy (non-hydrogen) atoms. The van der Waals surface area contributed by atoms with Gasteiger partial charge >= 0.3 is 0 Å². The summed E-state index contributed by atoms with van der Waals surface area (Å²) in [6.45, 7) is 4.11. The van der Waals surface area contributed by atoms with Gasteiger partial charge in [-0.2, -0.15) is 10.1 Å². The van der Waals surface area contributed by atoms with Gasteiger partial charge in [0.25, 0.3) is 12.3 Å². The van der Waals surface area contributed by atoms with E-state index in [2.05, 4.69) is 25.7 Å². The second-order valence-corrected chi connectivity index (χ2v) is 4.72. The maximum Gasteiger partial charge on any atom is 0.279 e. The van der Waals surface area contributed by atoms with Crippen molar-refractivity contribution < 1.29 is 18.1 Å². The first kappa shape index (κ1) is 15.1. The molecule has 0 saturated heterocycles. The zero-order valence-corrected chi connectivity index (χ0v) is 11.6. The number of aromatic amines is 1. The van der Waals surface area contributed by atoms with Crippen molar-refractivity contribution >= 4 is 5.91 Å². The molecule has 2 heterocycles. The summed E-state index contributed by atoms with van der Waals surface area (Å²) in [4.78, 5) is 15.8. The lowest BCUT2D eigenvalue weighted by Gasteiger charge is -1.99. The molecular formula is C12H15F2N5O2. The van der Waals surface area contributed by atoms with Crippen molar-refractivity contribution in [1.29, 1.82) is 0 Å². The Kier molecular flexibility index (Phi) is 4.61. The third-order valence-corrected chi connectivity index (χ3v) is 2.68. The van der Waals surface area contributed by atoms with Crippen LogP contribution in [0, 0.1) is 0 Å². The van der Waals surface area contributed by atoms with Crippen LogP contribution in [0.5, 0.6) is 0 Å². The molecule has 0 aromatic carbocycles. The Hall–Kier alpha value is -2.32. The van der Waals surface area contributed by atoms with E-state index in [1.807, 2.05) is 13.8 Å². The number of carbonyl (C=O) groups excluding carboxylic acids is 1. The number of aromatic nitrogens is 4. The zero-order valence-electron chi connectivity index (χ0n) is 11.6. The molecular weight excluding hydrogens is 284 g/mol. The Morgan fingerprint density at radius 3 is 2.81 bits per heavy atom. The molecule has 0 aliphatic heterocycles. The average Bonchev–Trinajstić information content (AvgIpc) is 3.07. The number of amides is 1. The second-order valence-electron chi connectivity index (χ2n) is 4.72. The van der Waals surface area contributed by atoms with E-state index >= 15 is 0 Å². The predicted molar refractivity (Wildman–Crippen MR) is 68.0 cm³/mol. The number of hydrogen-bond acceptors (Lipinski definition) is 5. The van der Waals surface area contributed by atoms with Crippen molar-refractivity contribution in [2.24, 2.45) is 0 Å². The molecule has 2 aromatic heterocycles. The highest BCUT2D eigenvalue weighted by molar-refractivity contribution is 5.92. The van der Waals surface area contributed by atoms with Gasteiger partial charge in [-0.25, -0.2) is 8.78 Å². The first-order valence-corrected chi connectivity index (χ1v) is 6.41. The summed E-state index contributed by atoms with van der Waals surface area (Å²) in [6, 6.07) is 1.02. The van der Waals surface area contributed by atoms with E-state index in [4.69, 9.17) is 4.52 Å². The number of H-pyrrole nitrogens is 1. The van der Waals surface area contributed by atoms with Gasteiger partial charge in [-0.15, -0.1) is 0 Å². The normalized spacial score (nSPS) is 11.3. The van der Waals surface area contributed by atoms with Crippen LogP contribution < -0.4 is 5.32 Å². The van der Waals surface area contributed by atoms with Gasteiger partial charge in [0.1, 0.15) is 11.4 Å². The summed E-state index contributed by atoms with van der Waals surface area (Å²) in [5.41, 5.74) is -0.471.